The first kappa shape index (κ1) is 12.2. The van der Waals surface area contributed by atoms with Crippen LogP contribution in [0.1, 0.15) is 10.6 Å². The van der Waals surface area contributed by atoms with Gasteiger partial charge in [-0.1, -0.05) is 0 Å². The number of halogens is 1. The number of hydrogen-bond acceptors (Lipinski definition) is 4. The molecule has 0 bridgehead atoms. The fourth-order valence-corrected chi connectivity index (χ4v) is 2.46. The van der Waals surface area contributed by atoms with Gasteiger partial charge in [-0.25, -0.2) is 9.37 Å². The Bertz CT molecular complexity index is 496. The second-order valence-corrected chi connectivity index (χ2v) is 4.62. The number of methoxy groups -OCH3 is 1. The van der Waals surface area contributed by atoms with Crippen molar-refractivity contribution in [3.63, 3.8) is 0 Å². The molecular weight excluding hydrogens is 239 g/mol. The van der Waals surface area contributed by atoms with Crippen molar-refractivity contribution in [1.29, 1.82) is 0 Å². The first-order chi connectivity index (χ1) is 8.24. The predicted molar refractivity (Wildman–Crippen MR) is 66.1 cm³/mol. The normalized spacial score (nSPS) is 10.8. The molecule has 2 aromatic rings. The van der Waals surface area contributed by atoms with Crippen molar-refractivity contribution in [2.24, 2.45) is 5.73 Å². The molecule has 0 atom stereocenters. The standard InChI is InChI=1S/C12H13FN2OS/c1-16-7-10-11(6-14)17-12(15-10)8-2-4-9(13)5-3-8/h2-5H,6-7,14H2,1H3. The lowest BCUT2D eigenvalue weighted by Crippen LogP contribution is -1.99. The Morgan fingerprint density at radius 3 is 2.65 bits per heavy atom. The van der Waals surface area contributed by atoms with Crippen molar-refractivity contribution in [3.05, 3.63) is 40.7 Å². The summed E-state index contributed by atoms with van der Waals surface area (Å²) in [4.78, 5) is 5.47. The average molecular weight is 252 g/mol. The SMILES string of the molecule is COCc1nc(-c2ccc(F)cc2)sc1CN. The van der Waals surface area contributed by atoms with Crippen LogP contribution in [0.15, 0.2) is 24.3 Å². The van der Waals surface area contributed by atoms with Crippen LogP contribution in [0.5, 0.6) is 0 Å². The van der Waals surface area contributed by atoms with Crippen molar-refractivity contribution >= 4 is 11.3 Å². The number of benzene rings is 1. The van der Waals surface area contributed by atoms with Crippen LogP contribution in [-0.2, 0) is 17.9 Å². The van der Waals surface area contributed by atoms with E-state index in [4.69, 9.17) is 10.5 Å². The smallest absolute Gasteiger partial charge is 0.124 e. The maximum Gasteiger partial charge on any atom is 0.124 e. The lowest BCUT2D eigenvalue weighted by atomic mass is 10.2. The molecule has 17 heavy (non-hydrogen) atoms. The van der Waals surface area contributed by atoms with Gasteiger partial charge in [0.05, 0.1) is 12.3 Å². The molecule has 0 saturated heterocycles. The molecule has 0 fully saturated rings. The molecule has 0 aliphatic carbocycles. The van der Waals surface area contributed by atoms with Gasteiger partial charge in [-0.15, -0.1) is 11.3 Å². The quantitative estimate of drug-likeness (QED) is 0.909. The lowest BCUT2D eigenvalue weighted by molar-refractivity contribution is 0.181. The fourth-order valence-electron chi connectivity index (χ4n) is 1.51. The third-order valence-electron chi connectivity index (χ3n) is 2.34. The molecule has 0 aliphatic rings. The number of nitrogens with two attached hydrogens (primary N) is 1. The average Bonchev–Trinajstić information content (AvgIpc) is 2.74. The largest absolute Gasteiger partial charge is 0.378 e. The predicted octanol–water partition coefficient (Wildman–Crippen LogP) is 2.55. The van der Waals surface area contributed by atoms with E-state index in [2.05, 4.69) is 4.98 Å². The van der Waals surface area contributed by atoms with Crippen LogP contribution in [-0.4, -0.2) is 12.1 Å². The zero-order chi connectivity index (χ0) is 12.3. The van der Waals surface area contributed by atoms with Gasteiger partial charge in [0.1, 0.15) is 10.8 Å². The second-order valence-electron chi connectivity index (χ2n) is 3.53. The summed E-state index contributed by atoms with van der Waals surface area (Å²) in [6.07, 6.45) is 0. The minimum atomic E-state index is -0.249. The van der Waals surface area contributed by atoms with Crippen LogP contribution in [0.2, 0.25) is 0 Å². The second kappa shape index (κ2) is 5.35. The summed E-state index contributed by atoms with van der Waals surface area (Å²) in [6, 6.07) is 6.28. The molecule has 5 heteroatoms. The monoisotopic (exact) mass is 252 g/mol. The van der Waals surface area contributed by atoms with Crippen LogP contribution >= 0.6 is 11.3 Å². The molecule has 1 heterocycles. The van der Waals surface area contributed by atoms with Gasteiger partial charge in [-0.3, -0.25) is 0 Å². The summed E-state index contributed by atoms with van der Waals surface area (Å²) >= 11 is 1.52. The summed E-state index contributed by atoms with van der Waals surface area (Å²) in [5.41, 5.74) is 7.41. The minimum Gasteiger partial charge on any atom is -0.378 e. The van der Waals surface area contributed by atoms with Crippen molar-refractivity contribution < 1.29 is 9.13 Å². The van der Waals surface area contributed by atoms with E-state index in [1.54, 1.807) is 19.2 Å². The first-order valence-electron chi connectivity index (χ1n) is 5.18. The van der Waals surface area contributed by atoms with Gasteiger partial charge in [0.25, 0.3) is 0 Å². The maximum absolute atomic E-state index is 12.8. The summed E-state index contributed by atoms with van der Waals surface area (Å²) in [7, 11) is 1.62. The highest BCUT2D eigenvalue weighted by Crippen LogP contribution is 2.28. The van der Waals surface area contributed by atoms with Gasteiger partial charge < -0.3 is 10.5 Å². The van der Waals surface area contributed by atoms with Gasteiger partial charge in [-0.05, 0) is 24.3 Å². The minimum absolute atomic E-state index is 0.249. The number of thiazole rings is 1. The van der Waals surface area contributed by atoms with Crippen molar-refractivity contribution in [2.45, 2.75) is 13.2 Å². The third kappa shape index (κ3) is 2.69. The summed E-state index contributed by atoms with van der Waals surface area (Å²) in [5, 5.41) is 0.845. The van der Waals surface area contributed by atoms with Crippen molar-refractivity contribution in [1.82, 2.24) is 4.98 Å². The number of ether oxygens (including phenoxy) is 1. The Hall–Kier alpha value is -1.30. The summed E-state index contributed by atoms with van der Waals surface area (Å²) < 4.78 is 17.9. The Morgan fingerprint density at radius 2 is 2.06 bits per heavy atom. The molecule has 0 aliphatic heterocycles. The highest BCUT2D eigenvalue weighted by atomic mass is 32.1. The number of aromatic nitrogens is 1. The number of hydrogen-bond donors (Lipinski definition) is 1. The fraction of sp³-hybridized carbons (Fsp3) is 0.250. The molecule has 2 rings (SSSR count). The molecule has 0 radical (unpaired) electrons. The van der Waals surface area contributed by atoms with E-state index in [1.165, 1.54) is 23.5 Å². The third-order valence-corrected chi connectivity index (χ3v) is 3.50. The Morgan fingerprint density at radius 1 is 1.35 bits per heavy atom. The summed E-state index contributed by atoms with van der Waals surface area (Å²) in [5.74, 6) is -0.249. The molecule has 1 aromatic heterocycles. The van der Waals surface area contributed by atoms with Gasteiger partial charge >= 0.3 is 0 Å². The molecule has 0 unspecified atom stereocenters. The number of nitrogens with zero attached hydrogens (tertiary/aromatic N) is 1. The molecule has 90 valence electrons. The highest BCUT2D eigenvalue weighted by Gasteiger charge is 2.11. The first-order valence-corrected chi connectivity index (χ1v) is 5.99. The van der Waals surface area contributed by atoms with E-state index >= 15 is 0 Å². The summed E-state index contributed by atoms with van der Waals surface area (Å²) in [6.45, 7) is 0.891. The van der Waals surface area contributed by atoms with E-state index in [9.17, 15) is 4.39 Å². The van der Waals surface area contributed by atoms with E-state index in [1.807, 2.05) is 0 Å². The molecular formula is C12H13FN2OS. The van der Waals surface area contributed by atoms with Crippen LogP contribution in [0.25, 0.3) is 10.6 Å². The van der Waals surface area contributed by atoms with E-state index in [-0.39, 0.29) is 5.82 Å². The Labute approximate surface area is 103 Å². The molecule has 0 amide bonds. The van der Waals surface area contributed by atoms with Gasteiger partial charge in [0.15, 0.2) is 0 Å². The lowest BCUT2D eigenvalue weighted by Gasteiger charge is -1.96. The molecule has 0 saturated carbocycles. The van der Waals surface area contributed by atoms with Crippen molar-refractivity contribution in [2.75, 3.05) is 7.11 Å². The van der Waals surface area contributed by atoms with Crippen LogP contribution in [0, 0.1) is 5.82 Å². The molecule has 3 nitrogen and oxygen atoms in total. The number of rotatable bonds is 4. The van der Waals surface area contributed by atoms with Crippen LogP contribution in [0.3, 0.4) is 0 Å². The zero-order valence-electron chi connectivity index (χ0n) is 9.44. The van der Waals surface area contributed by atoms with E-state index in [0.717, 1.165) is 21.1 Å². The maximum atomic E-state index is 12.8. The van der Waals surface area contributed by atoms with E-state index in [0.29, 0.717) is 13.2 Å². The Kier molecular flexibility index (Phi) is 3.83. The Balaban J connectivity index is 2.35. The van der Waals surface area contributed by atoms with Gasteiger partial charge in [-0.2, -0.15) is 0 Å². The zero-order valence-corrected chi connectivity index (χ0v) is 10.3. The molecule has 1 aromatic carbocycles. The van der Waals surface area contributed by atoms with Gasteiger partial charge in [0, 0.05) is 24.1 Å². The van der Waals surface area contributed by atoms with Crippen LogP contribution < -0.4 is 5.73 Å². The van der Waals surface area contributed by atoms with Crippen LogP contribution in [0.4, 0.5) is 4.39 Å². The molecule has 2 N–H and O–H groups in total. The topological polar surface area (TPSA) is 48.1 Å². The van der Waals surface area contributed by atoms with Crippen molar-refractivity contribution in [3.8, 4) is 10.6 Å². The highest BCUT2D eigenvalue weighted by molar-refractivity contribution is 7.15. The molecule has 0 spiro atoms. The van der Waals surface area contributed by atoms with Gasteiger partial charge in [0.2, 0.25) is 0 Å². The van der Waals surface area contributed by atoms with E-state index < -0.39 is 0 Å².